The minimum atomic E-state index is -4.58. The van der Waals surface area contributed by atoms with Crippen LogP contribution in [0.3, 0.4) is 0 Å². The molecular formula is C16H16ClF3N4O. The van der Waals surface area contributed by atoms with E-state index in [-0.39, 0.29) is 22.2 Å². The Hall–Kier alpha value is -2.35. The molecule has 5 nitrogen and oxygen atoms in total. The number of carbonyl (C=O) groups is 1. The highest BCUT2D eigenvalue weighted by Gasteiger charge is 2.34. The molecule has 0 bridgehead atoms. The monoisotopic (exact) mass is 372 g/mol. The van der Waals surface area contributed by atoms with E-state index in [0.29, 0.717) is 6.54 Å². The highest BCUT2D eigenvalue weighted by atomic mass is 35.5. The van der Waals surface area contributed by atoms with Crippen LogP contribution >= 0.6 is 11.6 Å². The third-order valence-corrected chi connectivity index (χ3v) is 3.50. The SMILES string of the molecule is CCCCNC(=O)c1cc(Nc2ccc(Cl)cc2C(F)(F)F)ncn1. The van der Waals surface area contributed by atoms with Crippen LogP contribution in [-0.2, 0) is 6.18 Å². The lowest BCUT2D eigenvalue weighted by Gasteiger charge is -2.14. The minimum Gasteiger partial charge on any atom is -0.351 e. The third kappa shape index (κ3) is 5.32. The Bertz CT molecular complexity index is 752. The fraction of sp³-hybridized carbons (Fsp3) is 0.312. The van der Waals surface area contributed by atoms with Crippen molar-refractivity contribution in [2.45, 2.75) is 25.9 Å². The van der Waals surface area contributed by atoms with E-state index in [9.17, 15) is 18.0 Å². The summed E-state index contributed by atoms with van der Waals surface area (Å²) in [6, 6.07) is 4.65. The summed E-state index contributed by atoms with van der Waals surface area (Å²) in [7, 11) is 0. The second kappa shape index (κ2) is 8.15. The summed E-state index contributed by atoms with van der Waals surface area (Å²) in [6.07, 6.45) is -1.73. The summed E-state index contributed by atoms with van der Waals surface area (Å²) < 4.78 is 39.3. The van der Waals surface area contributed by atoms with E-state index >= 15 is 0 Å². The van der Waals surface area contributed by atoms with Crippen LogP contribution in [0.25, 0.3) is 0 Å². The molecule has 0 aliphatic carbocycles. The summed E-state index contributed by atoms with van der Waals surface area (Å²) >= 11 is 5.65. The van der Waals surface area contributed by atoms with Crippen LogP contribution in [0.15, 0.2) is 30.6 Å². The molecule has 0 saturated heterocycles. The van der Waals surface area contributed by atoms with Crippen molar-refractivity contribution in [2.24, 2.45) is 0 Å². The standard InChI is InChI=1S/C16H16ClF3N4O/c1-2-3-6-21-15(25)13-8-14(23-9-22-13)24-12-5-4-10(17)7-11(12)16(18,19)20/h4-5,7-9H,2-3,6H2,1H3,(H,21,25)(H,22,23,24). The normalized spacial score (nSPS) is 11.2. The van der Waals surface area contributed by atoms with Gasteiger partial charge in [0.05, 0.1) is 11.3 Å². The van der Waals surface area contributed by atoms with Gasteiger partial charge in [-0.05, 0) is 24.6 Å². The molecule has 0 fully saturated rings. The molecule has 2 rings (SSSR count). The average molecular weight is 373 g/mol. The maximum atomic E-state index is 13.1. The summed E-state index contributed by atoms with van der Waals surface area (Å²) in [5.74, 6) is -0.338. The van der Waals surface area contributed by atoms with Crippen molar-refractivity contribution in [3.05, 3.63) is 46.9 Å². The average Bonchev–Trinajstić information content (AvgIpc) is 2.56. The number of anilines is 2. The van der Waals surface area contributed by atoms with E-state index in [1.165, 1.54) is 18.2 Å². The first-order valence-electron chi connectivity index (χ1n) is 7.55. The third-order valence-electron chi connectivity index (χ3n) is 3.27. The number of hydrogen-bond donors (Lipinski definition) is 2. The number of alkyl halides is 3. The zero-order valence-electron chi connectivity index (χ0n) is 13.3. The Morgan fingerprint density at radius 3 is 2.68 bits per heavy atom. The first-order chi connectivity index (χ1) is 11.8. The van der Waals surface area contributed by atoms with E-state index in [4.69, 9.17) is 11.6 Å². The lowest BCUT2D eigenvalue weighted by atomic mass is 10.1. The van der Waals surface area contributed by atoms with Crippen LogP contribution in [0.5, 0.6) is 0 Å². The predicted molar refractivity (Wildman–Crippen MR) is 89.0 cm³/mol. The molecule has 0 aliphatic heterocycles. The van der Waals surface area contributed by atoms with Gasteiger partial charge in [0.2, 0.25) is 0 Å². The second-order valence-electron chi connectivity index (χ2n) is 5.21. The molecule has 9 heteroatoms. The topological polar surface area (TPSA) is 66.9 Å². The number of nitrogens with one attached hydrogen (secondary N) is 2. The Balaban J connectivity index is 2.22. The molecule has 1 heterocycles. The summed E-state index contributed by atoms with van der Waals surface area (Å²) in [4.78, 5) is 19.7. The van der Waals surface area contributed by atoms with E-state index in [2.05, 4.69) is 20.6 Å². The Kier molecular flexibility index (Phi) is 6.19. The molecule has 1 amide bonds. The van der Waals surface area contributed by atoms with Crippen molar-refractivity contribution in [3.8, 4) is 0 Å². The number of nitrogens with zero attached hydrogens (tertiary/aromatic N) is 2. The van der Waals surface area contributed by atoms with Gasteiger partial charge in [-0.2, -0.15) is 13.2 Å². The number of carbonyl (C=O) groups excluding carboxylic acids is 1. The fourth-order valence-electron chi connectivity index (χ4n) is 2.02. The number of amides is 1. The highest BCUT2D eigenvalue weighted by molar-refractivity contribution is 6.30. The van der Waals surface area contributed by atoms with Crippen molar-refractivity contribution in [1.29, 1.82) is 0 Å². The van der Waals surface area contributed by atoms with Gasteiger partial charge in [0.25, 0.3) is 5.91 Å². The van der Waals surface area contributed by atoms with Crippen molar-refractivity contribution in [2.75, 3.05) is 11.9 Å². The molecule has 1 aromatic carbocycles. The van der Waals surface area contributed by atoms with E-state index in [0.717, 1.165) is 25.2 Å². The maximum absolute atomic E-state index is 13.1. The molecule has 25 heavy (non-hydrogen) atoms. The predicted octanol–water partition coefficient (Wildman–Crippen LogP) is 4.42. The molecule has 0 aliphatic rings. The largest absolute Gasteiger partial charge is 0.418 e. The Morgan fingerprint density at radius 1 is 1.24 bits per heavy atom. The van der Waals surface area contributed by atoms with Crippen molar-refractivity contribution in [3.63, 3.8) is 0 Å². The van der Waals surface area contributed by atoms with Crippen molar-refractivity contribution < 1.29 is 18.0 Å². The van der Waals surface area contributed by atoms with E-state index in [1.54, 1.807) is 0 Å². The molecule has 0 spiro atoms. The van der Waals surface area contributed by atoms with Gasteiger partial charge in [-0.15, -0.1) is 0 Å². The van der Waals surface area contributed by atoms with Gasteiger partial charge >= 0.3 is 6.18 Å². The number of aromatic nitrogens is 2. The number of unbranched alkanes of at least 4 members (excludes halogenated alkanes) is 1. The number of benzene rings is 1. The summed E-state index contributed by atoms with van der Waals surface area (Å²) in [6.45, 7) is 2.49. The van der Waals surface area contributed by atoms with E-state index in [1.807, 2.05) is 6.92 Å². The summed E-state index contributed by atoms with van der Waals surface area (Å²) in [5, 5.41) is 5.21. The van der Waals surface area contributed by atoms with Crippen molar-refractivity contribution in [1.82, 2.24) is 15.3 Å². The smallest absolute Gasteiger partial charge is 0.351 e. The Labute approximate surface area is 147 Å². The molecular weight excluding hydrogens is 357 g/mol. The highest BCUT2D eigenvalue weighted by Crippen LogP contribution is 2.37. The van der Waals surface area contributed by atoms with Crippen LogP contribution in [0.4, 0.5) is 24.7 Å². The minimum absolute atomic E-state index is 0.0310. The fourth-order valence-corrected chi connectivity index (χ4v) is 2.19. The molecule has 134 valence electrons. The lowest BCUT2D eigenvalue weighted by molar-refractivity contribution is -0.136. The number of halogens is 4. The zero-order valence-corrected chi connectivity index (χ0v) is 14.1. The quantitative estimate of drug-likeness (QED) is 0.736. The Morgan fingerprint density at radius 2 is 2.00 bits per heavy atom. The molecule has 0 atom stereocenters. The van der Waals surface area contributed by atoms with Gasteiger partial charge in [-0.3, -0.25) is 4.79 Å². The van der Waals surface area contributed by atoms with Gasteiger partial charge in [-0.1, -0.05) is 24.9 Å². The number of hydrogen-bond acceptors (Lipinski definition) is 4. The van der Waals surface area contributed by atoms with Crippen molar-refractivity contribution >= 4 is 29.0 Å². The van der Waals surface area contributed by atoms with Gasteiger partial charge in [0, 0.05) is 17.6 Å². The number of rotatable bonds is 6. The van der Waals surface area contributed by atoms with Gasteiger partial charge < -0.3 is 10.6 Å². The second-order valence-corrected chi connectivity index (χ2v) is 5.65. The molecule has 2 N–H and O–H groups in total. The molecule has 1 aromatic heterocycles. The van der Waals surface area contributed by atoms with Crippen LogP contribution in [0.1, 0.15) is 35.8 Å². The van der Waals surface area contributed by atoms with Crippen LogP contribution in [0.2, 0.25) is 5.02 Å². The summed E-state index contributed by atoms with van der Waals surface area (Å²) in [5.41, 5.74) is -1.07. The lowest BCUT2D eigenvalue weighted by Crippen LogP contribution is -2.25. The van der Waals surface area contributed by atoms with Crippen LogP contribution in [-0.4, -0.2) is 22.4 Å². The first kappa shape index (κ1) is 19.0. The molecule has 0 radical (unpaired) electrons. The molecule has 0 saturated carbocycles. The van der Waals surface area contributed by atoms with E-state index < -0.39 is 17.6 Å². The van der Waals surface area contributed by atoms with Crippen LogP contribution in [0, 0.1) is 0 Å². The molecule has 0 unspecified atom stereocenters. The first-order valence-corrected chi connectivity index (χ1v) is 7.93. The zero-order chi connectivity index (χ0) is 18.4. The molecule has 2 aromatic rings. The maximum Gasteiger partial charge on any atom is 0.418 e. The van der Waals surface area contributed by atoms with Gasteiger partial charge in [0.1, 0.15) is 17.8 Å². The van der Waals surface area contributed by atoms with Crippen LogP contribution < -0.4 is 10.6 Å². The van der Waals surface area contributed by atoms with Gasteiger partial charge in [-0.25, -0.2) is 9.97 Å². The van der Waals surface area contributed by atoms with Gasteiger partial charge in [0.15, 0.2) is 0 Å².